The second-order valence-corrected chi connectivity index (χ2v) is 7.28. The number of rotatable bonds is 2. The Hall–Kier alpha value is -0.0800. The summed E-state index contributed by atoms with van der Waals surface area (Å²) in [5.74, 6) is 1.61. The Morgan fingerprint density at radius 2 is 1.88 bits per heavy atom. The van der Waals surface area contributed by atoms with Gasteiger partial charge in [0, 0.05) is 0 Å². The predicted octanol–water partition coefficient (Wildman–Crippen LogP) is 3.35. The van der Waals surface area contributed by atoms with Crippen LogP contribution in [0.1, 0.15) is 59.3 Å². The summed E-state index contributed by atoms with van der Waals surface area (Å²) in [4.78, 5) is 0. The van der Waals surface area contributed by atoms with E-state index in [0.717, 1.165) is 31.4 Å². The van der Waals surface area contributed by atoms with Crippen molar-refractivity contribution in [3.8, 4) is 0 Å². The Morgan fingerprint density at radius 1 is 1.24 bits per heavy atom. The monoisotopic (exact) mass is 239 g/mol. The van der Waals surface area contributed by atoms with Crippen molar-refractivity contribution in [3.63, 3.8) is 0 Å². The average molecular weight is 239 g/mol. The fraction of sp³-hybridized carbons (Fsp3) is 1.00. The first-order valence-electron chi connectivity index (χ1n) is 7.29. The van der Waals surface area contributed by atoms with E-state index in [9.17, 15) is 0 Å². The lowest BCUT2D eigenvalue weighted by Gasteiger charge is -2.41. The van der Waals surface area contributed by atoms with Gasteiger partial charge in [0.2, 0.25) is 0 Å². The van der Waals surface area contributed by atoms with Crippen molar-refractivity contribution in [1.82, 2.24) is 0 Å². The fourth-order valence-electron chi connectivity index (χ4n) is 3.72. The van der Waals surface area contributed by atoms with E-state index in [2.05, 4.69) is 20.8 Å². The predicted molar refractivity (Wildman–Crippen MR) is 71.9 cm³/mol. The van der Waals surface area contributed by atoms with Gasteiger partial charge in [0.25, 0.3) is 0 Å². The lowest BCUT2D eigenvalue weighted by molar-refractivity contribution is -0.0466. The van der Waals surface area contributed by atoms with E-state index in [-0.39, 0.29) is 5.60 Å². The van der Waals surface area contributed by atoms with E-state index in [1.807, 2.05) is 0 Å². The standard InChI is InChI=1S/C15H29NO/c1-14(2,3)13-4-7-15(8-5-13)10-12(6-9-16)11-17-15/h12-13H,4-11,16H2,1-3H3. The lowest BCUT2D eigenvalue weighted by Crippen LogP contribution is -2.37. The second-order valence-electron chi connectivity index (χ2n) is 7.28. The molecule has 2 nitrogen and oxygen atoms in total. The zero-order valence-corrected chi connectivity index (χ0v) is 11.8. The molecule has 0 aromatic carbocycles. The van der Waals surface area contributed by atoms with Gasteiger partial charge in [-0.2, -0.15) is 0 Å². The van der Waals surface area contributed by atoms with Gasteiger partial charge in [0.05, 0.1) is 12.2 Å². The molecule has 1 aliphatic heterocycles. The maximum atomic E-state index is 6.15. The molecule has 0 bridgehead atoms. The van der Waals surface area contributed by atoms with Crippen molar-refractivity contribution >= 4 is 0 Å². The number of ether oxygens (including phenoxy) is 1. The van der Waals surface area contributed by atoms with E-state index in [4.69, 9.17) is 10.5 Å². The van der Waals surface area contributed by atoms with Crippen molar-refractivity contribution in [2.45, 2.75) is 64.9 Å². The van der Waals surface area contributed by atoms with Crippen LogP contribution in [0.15, 0.2) is 0 Å². The van der Waals surface area contributed by atoms with Crippen molar-refractivity contribution < 1.29 is 4.74 Å². The van der Waals surface area contributed by atoms with Crippen LogP contribution in [0.4, 0.5) is 0 Å². The van der Waals surface area contributed by atoms with E-state index in [1.54, 1.807) is 0 Å². The van der Waals surface area contributed by atoms with Gasteiger partial charge in [-0.1, -0.05) is 20.8 Å². The van der Waals surface area contributed by atoms with Crippen molar-refractivity contribution in [1.29, 1.82) is 0 Å². The highest BCUT2D eigenvalue weighted by Crippen LogP contribution is 2.48. The van der Waals surface area contributed by atoms with Crippen LogP contribution >= 0.6 is 0 Å². The van der Waals surface area contributed by atoms with Gasteiger partial charge in [-0.15, -0.1) is 0 Å². The number of nitrogens with two attached hydrogens (primary N) is 1. The van der Waals surface area contributed by atoms with Crippen LogP contribution < -0.4 is 5.73 Å². The van der Waals surface area contributed by atoms with Crippen LogP contribution in [0, 0.1) is 17.3 Å². The molecule has 1 spiro atoms. The largest absolute Gasteiger partial charge is 0.375 e. The third-order valence-corrected chi connectivity index (χ3v) is 4.98. The second kappa shape index (κ2) is 4.89. The highest BCUT2D eigenvalue weighted by Gasteiger charge is 2.44. The topological polar surface area (TPSA) is 35.2 Å². The van der Waals surface area contributed by atoms with Crippen molar-refractivity contribution in [3.05, 3.63) is 0 Å². The van der Waals surface area contributed by atoms with Crippen LogP contribution in [0.5, 0.6) is 0 Å². The molecule has 100 valence electrons. The zero-order chi connectivity index (χ0) is 12.5. The van der Waals surface area contributed by atoms with E-state index in [0.29, 0.717) is 5.41 Å². The molecule has 0 aromatic heterocycles. The summed E-state index contributed by atoms with van der Waals surface area (Å²) < 4.78 is 6.15. The minimum atomic E-state index is 0.238. The summed E-state index contributed by atoms with van der Waals surface area (Å²) in [6.07, 6.45) is 7.65. The van der Waals surface area contributed by atoms with Gasteiger partial charge in [-0.3, -0.25) is 0 Å². The molecule has 2 aliphatic rings. The maximum Gasteiger partial charge on any atom is 0.0686 e. The van der Waals surface area contributed by atoms with Gasteiger partial charge < -0.3 is 10.5 Å². The van der Waals surface area contributed by atoms with E-state index >= 15 is 0 Å². The lowest BCUT2D eigenvalue weighted by atomic mass is 9.67. The summed E-state index contributed by atoms with van der Waals surface area (Å²) in [6, 6.07) is 0. The number of hydrogen-bond acceptors (Lipinski definition) is 2. The highest BCUT2D eigenvalue weighted by atomic mass is 16.5. The first kappa shape index (κ1) is 13.4. The molecule has 1 saturated carbocycles. The van der Waals surface area contributed by atoms with Gasteiger partial charge in [0.1, 0.15) is 0 Å². The maximum absolute atomic E-state index is 6.15. The number of hydrogen-bond donors (Lipinski definition) is 1. The van der Waals surface area contributed by atoms with Crippen LogP contribution in [0.3, 0.4) is 0 Å². The van der Waals surface area contributed by atoms with Crippen LogP contribution in [-0.2, 0) is 4.74 Å². The van der Waals surface area contributed by atoms with Gasteiger partial charge in [-0.05, 0) is 62.3 Å². The summed E-state index contributed by atoms with van der Waals surface area (Å²) in [5, 5.41) is 0. The van der Waals surface area contributed by atoms with Crippen molar-refractivity contribution in [2.24, 2.45) is 23.0 Å². The fourth-order valence-corrected chi connectivity index (χ4v) is 3.72. The average Bonchev–Trinajstić information content (AvgIpc) is 2.61. The normalized spacial score (nSPS) is 38.8. The molecule has 1 heterocycles. The Labute approximate surface area is 106 Å². The smallest absolute Gasteiger partial charge is 0.0686 e. The van der Waals surface area contributed by atoms with Crippen LogP contribution in [0.25, 0.3) is 0 Å². The molecule has 2 N–H and O–H groups in total. The molecular formula is C15H29NO. The molecule has 0 radical (unpaired) electrons. The molecule has 17 heavy (non-hydrogen) atoms. The molecule has 0 amide bonds. The Balaban J connectivity index is 1.87. The molecular weight excluding hydrogens is 210 g/mol. The first-order valence-corrected chi connectivity index (χ1v) is 7.29. The summed E-state index contributed by atoms with van der Waals surface area (Å²) in [6.45, 7) is 8.90. The van der Waals surface area contributed by atoms with Crippen LogP contribution in [0.2, 0.25) is 0 Å². The van der Waals surface area contributed by atoms with E-state index in [1.165, 1.54) is 32.1 Å². The van der Waals surface area contributed by atoms with Gasteiger partial charge in [-0.25, -0.2) is 0 Å². The third kappa shape index (κ3) is 3.03. The Morgan fingerprint density at radius 3 is 2.41 bits per heavy atom. The zero-order valence-electron chi connectivity index (χ0n) is 11.8. The molecule has 1 aliphatic carbocycles. The van der Waals surface area contributed by atoms with Crippen LogP contribution in [-0.4, -0.2) is 18.8 Å². The highest BCUT2D eigenvalue weighted by molar-refractivity contribution is 4.95. The Kier molecular flexibility index (Phi) is 3.84. The molecule has 2 fully saturated rings. The quantitative estimate of drug-likeness (QED) is 0.802. The summed E-state index contributed by atoms with van der Waals surface area (Å²) >= 11 is 0. The third-order valence-electron chi connectivity index (χ3n) is 4.98. The molecule has 1 saturated heterocycles. The minimum absolute atomic E-state index is 0.238. The van der Waals surface area contributed by atoms with Gasteiger partial charge >= 0.3 is 0 Å². The first-order chi connectivity index (χ1) is 7.95. The summed E-state index contributed by atoms with van der Waals surface area (Å²) in [7, 11) is 0. The van der Waals surface area contributed by atoms with Crippen molar-refractivity contribution in [2.75, 3.05) is 13.2 Å². The molecule has 1 unspecified atom stereocenters. The van der Waals surface area contributed by atoms with E-state index < -0.39 is 0 Å². The molecule has 2 rings (SSSR count). The molecule has 0 aromatic rings. The molecule has 2 heteroatoms. The minimum Gasteiger partial charge on any atom is -0.375 e. The van der Waals surface area contributed by atoms with Gasteiger partial charge in [0.15, 0.2) is 0 Å². The SMILES string of the molecule is CC(C)(C)C1CCC2(CC1)CC(CCN)CO2. The molecule has 1 atom stereocenters. The Bertz CT molecular complexity index is 248. The summed E-state index contributed by atoms with van der Waals surface area (Å²) in [5.41, 5.74) is 6.36.